The number of sulfonamides is 1. The van der Waals surface area contributed by atoms with Crippen LogP contribution in [0.1, 0.15) is 49.9 Å². The molecule has 1 heterocycles. The average molecular weight is 416 g/mol. The minimum atomic E-state index is -3.57. The van der Waals surface area contributed by atoms with Gasteiger partial charge in [-0.1, -0.05) is 25.0 Å². The van der Waals surface area contributed by atoms with E-state index >= 15 is 0 Å². The molecule has 29 heavy (non-hydrogen) atoms. The SMILES string of the molecule is CC(C)NS(=O)(=O)c1ccc(C(=O)Nc2ccccc2N2CCCCCC2)cc1. The minimum Gasteiger partial charge on any atom is -0.370 e. The second-order valence-corrected chi connectivity index (χ2v) is 9.39. The normalized spacial score (nSPS) is 15.2. The monoisotopic (exact) mass is 415 g/mol. The van der Waals surface area contributed by atoms with Crippen LogP contribution in [0.3, 0.4) is 0 Å². The zero-order valence-corrected chi connectivity index (χ0v) is 17.8. The third kappa shape index (κ3) is 5.58. The largest absolute Gasteiger partial charge is 0.370 e. The van der Waals surface area contributed by atoms with Gasteiger partial charge in [-0.25, -0.2) is 13.1 Å². The van der Waals surface area contributed by atoms with Crippen molar-refractivity contribution in [1.29, 1.82) is 0 Å². The lowest BCUT2D eigenvalue weighted by Crippen LogP contribution is -2.30. The lowest BCUT2D eigenvalue weighted by molar-refractivity contribution is 0.102. The van der Waals surface area contributed by atoms with Crippen LogP contribution in [0.25, 0.3) is 0 Å². The molecule has 0 radical (unpaired) electrons. The summed E-state index contributed by atoms with van der Waals surface area (Å²) in [6.45, 7) is 5.51. The summed E-state index contributed by atoms with van der Waals surface area (Å²) >= 11 is 0. The van der Waals surface area contributed by atoms with E-state index in [-0.39, 0.29) is 16.8 Å². The number of carbonyl (C=O) groups excluding carboxylic acids is 1. The Morgan fingerprint density at radius 2 is 1.55 bits per heavy atom. The summed E-state index contributed by atoms with van der Waals surface area (Å²) in [5.41, 5.74) is 2.22. The van der Waals surface area contributed by atoms with E-state index in [0.717, 1.165) is 37.3 Å². The number of hydrogen-bond donors (Lipinski definition) is 2. The summed E-state index contributed by atoms with van der Waals surface area (Å²) in [7, 11) is -3.57. The Morgan fingerprint density at radius 1 is 0.931 bits per heavy atom. The molecule has 0 aliphatic carbocycles. The first-order chi connectivity index (χ1) is 13.9. The lowest BCUT2D eigenvalue weighted by Gasteiger charge is -2.25. The number of anilines is 2. The first kappa shape index (κ1) is 21.3. The van der Waals surface area contributed by atoms with Gasteiger partial charge >= 0.3 is 0 Å². The first-order valence-electron chi connectivity index (χ1n) is 10.1. The van der Waals surface area contributed by atoms with Crippen LogP contribution in [0.2, 0.25) is 0 Å². The van der Waals surface area contributed by atoms with Gasteiger partial charge in [-0.3, -0.25) is 4.79 Å². The number of rotatable bonds is 6. The van der Waals surface area contributed by atoms with Crippen LogP contribution in [0.15, 0.2) is 53.4 Å². The molecule has 7 heteroatoms. The standard InChI is InChI=1S/C22H29N3O3S/c1-17(2)24-29(27,28)19-13-11-18(12-14-19)22(26)23-20-9-5-6-10-21(20)25-15-7-3-4-8-16-25/h5-6,9-14,17,24H,3-4,7-8,15-16H2,1-2H3,(H,23,26). The van der Waals surface area contributed by atoms with Gasteiger partial charge in [-0.2, -0.15) is 0 Å². The van der Waals surface area contributed by atoms with Crippen molar-refractivity contribution in [2.45, 2.75) is 50.5 Å². The van der Waals surface area contributed by atoms with Crippen LogP contribution in [-0.2, 0) is 10.0 Å². The molecular formula is C22H29N3O3S. The van der Waals surface area contributed by atoms with Crippen molar-refractivity contribution in [3.63, 3.8) is 0 Å². The van der Waals surface area contributed by atoms with Gasteiger partial charge in [-0.15, -0.1) is 0 Å². The smallest absolute Gasteiger partial charge is 0.255 e. The van der Waals surface area contributed by atoms with Crippen molar-refractivity contribution in [1.82, 2.24) is 4.72 Å². The van der Waals surface area contributed by atoms with E-state index in [1.807, 2.05) is 24.3 Å². The molecule has 3 rings (SSSR count). The number of carbonyl (C=O) groups is 1. The highest BCUT2D eigenvalue weighted by Gasteiger charge is 2.18. The van der Waals surface area contributed by atoms with Gasteiger partial charge in [-0.05, 0) is 63.1 Å². The Morgan fingerprint density at radius 3 is 2.17 bits per heavy atom. The first-order valence-corrected chi connectivity index (χ1v) is 11.6. The van der Waals surface area contributed by atoms with Crippen molar-refractivity contribution in [3.8, 4) is 0 Å². The molecule has 0 bridgehead atoms. The van der Waals surface area contributed by atoms with Crippen LogP contribution in [0.4, 0.5) is 11.4 Å². The fourth-order valence-corrected chi connectivity index (χ4v) is 4.78. The van der Waals surface area contributed by atoms with Crippen LogP contribution in [0, 0.1) is 0 Å². The molecule has 1 aliphatic heterocycles. The van der Waals surface area contributed by atoms with Crippen LogP contribution in [0.5, 0.6) is 0 Å². The van der Waals surface area contributed by atoms with E-state index < -0.39 is 10.0 Å². The molecular weight excluding hydrogens is 386 g/mol. The van der Waals surface area contributed by atoms with Crippen LogP contribution < -0.4 is 14.9 Å². The third-order valence-electron chi connectivity index (χ3n) is 4.92. The summed E-state index contributed by atoms with van der Waals surface area (Å²) < 4.78 is 27.0. The van der Waals surface area contributed by atoms with Gasteiger partial charge in [0.25, 0.3) is 5.91 Å². The van der Waals surface area contributed by atoms with Gasteiger partial charge in [0.1, 0.15) is 0 Å². The van der Waals surface area contributed by atoms with Gasteiger partial charge < -0.3 is 10.2 Å². The lowest BCUT2D eigenvalue weighted by atomic mass is 10.2. The van der Waals surface area contributed by atoms with Crippen molar-refractivity contribution in [3.05, 3.63) is 54.1 Å². The van der Waals surface area contributed by atoms with Crippen molar-refractivity contribution < 1.29 is 13.2 Å². The molecule has 0 saturated carbocycles. The maximum atomic E-state index is 12.8. The average Bonchev–Trinajstić information content (AvgIpc) is 2.97. The zero-order valence-electron chi connectivity index (χ0n) is 17.0. The van der Waals surface area contributed by atoms with Crippen molar-refractivity contribution in [2.24, 2.45) is 0 Å². The molecule has 0 spiro atoms. The predicted octanol–water partition coefficient (Wildman–Crippen LogP) is 4.01. The van der Waals surface area contributed by atoms with E-state index in [2.05, 4.69) is 14.9 Å². The Hall–Kier alpha value is -2.38. The van der Waals surface area contributed by atoms with E-state index in [4.69, 9.17) is 0 Å². The molecule has 2 aromatic carbocycles. The highest BCUT2D eigenvalue weighted by atomic mass is 32.2. The minimum absolute atomic E-state index is 0.146. The number of nitrogens with zero attached hydrogens (tertiary/aromatic N) is 1. The topological polar surface area (TPSA) is 78.5 Å². The third-order valence-corrected chi connectivity index (χ3v) is 6.59. The molecule has 0 atom stereocenters. The number of amides is 1. The zero-order chi connectivity index (χ0) is 20.9. The molecule has 1 fully saturated rings. The molecule has 1 aliphatic rings. The second kappa shape index (κ2) is 9.41. The van der Waals surface area contributed by atoms with Crippen molar-refractivity contribution >= 4 is 27.3 Å². The summed E-state index contributed by atoms with van der Waals surface area (Å²) in [6.07, 6.45) is 4.79. The van der Waals surface area contributed by atoms with Crippen LogP contribution in [-0.4, -0.2) is 33.5 Å². The molecule has 0 aromatic heterocycles. The predicted molar refractivity (Wildman–Crippen MR) is 117 cm³/mol. The Bertz CT molecular complexity index is 932. The number of hydrogen-bond acceptors (Lipinski definition) is 4. The van der Waals surface area contributed by atoms with E-state index in [0.29, 0.717) is 5.56 Å². The summed E-state index contributed by atoms with van der Waals surface area (Å²) in [5, 5.41) is 2.99. The van der Waals surface area contributed by atoms with Crippen molar-refractivity contribution in [2.75, 3.05) is 23.3 Å². The fraction of sp³-hybridized carbons (Fsp3) is 0.409. The van der Waals surface area contributed by atoms with E-state index in [1.165, 1.54) is 25.0 Å². The van der Waals surface area contributed by atoms with Gasteiger partial charge in [0.05, 0.1) is 16.3 Å². The molecule has 2 N–H and O–H groups in total. The molecule has 0 unspecified atom stereocenters. The quantitative estimate of drug-likeness (QED) is 0.747. The summed E-state index contributed by atoms with van der Waals surface area (Å²) in [5.74, 6) is -0.256. The molecule has 2 aromatic rings. The van der Waals surface area contributed by atoms with Gasteiger partial charge in [0.2, 0.25) is 10.0 Å². The maximum Gasteiger partial charge on any atom is 0.255 e. The second-order valence-electron chi connectivity index (χ2n) is 7.67. The summed E-state index contributed by atoms with van der Waals surface area (Å²) in [4.78, 5) is 15.2. The summed E-state index contributed by atoms with van der Waals surface area (Å²) in [6, 6.07) is 13.6. The molecule has 6 nitrogen and oxygen atoms in total. The van der Waals surface area contributed by atoms with E-state index in [9.17, 15) is 13.2 Å². The molecule has 1 saturated heterocycles. The van der Waals surface area contributed by atoms with E-state index in [1.54, 1.807) is 26.0 Å². The Labute approximate surface area is 173 Å². The number of para-hydroxylation sites is 2. The van der Waals surface area contributed by atoms with Crippen LogP contribution >= 0.6 is 0 Å². The van der Waals surface area contributed by atoms with Gasteiger partial charge in [0.15, 0.2) is 0 Å². The highest BCUT2D eigenvalue weighted by molar-refractivity contribution is 7.89. The Balaban J connectivity index is 1.76. The fourth-order valence-electron chi connectivity index (χ4n) is 3.52. The number of benzene rings is 2. The maximum absolute atomic E-state index is 12.8. The molecule has 1 amide bonds. The van der Waals surface area contributed by atoms with Gasteiger partial charge in [0, 0.05) is 24.7 Å². The highest BCUT2D eigenvalue weighted by Crippen LogP contribution is 2.28. The number of nitrogens with one attached hydrogen (secondary N) is 2. The Kier molecular flexibility index (Phi) is 6.92. The molecule has 156 valence electrons.